The maximum Gasteiger partial charge on any atom is 0.241 e. The molecule has 0 fully saturated rings. The van der Waals surface area contributed by atoms with Crippen molar-refractivity contribution < 1.29 is 9.59 Å². The van der Waals surface area contributed by atoms with Crippen LogP contribution < -0.4 is 10.6 Å². The summed E-state index contributed by atoms with van der Waals surface area (Å²) in [5.41, 5.74) is 1.86. The van der Waals surface area contributed by atoms with E-state index in [1.54, 1.807) is 48.5 Å². The van der Waals surface area contributed by atoms with Crippen LogP contribution >= 0.6 is 31.9 Å². The summed E-state index contributed by atoms with van der Waals surface area (Å²) >= 11 is 6.76. The Hall–Kier alpha value is -2.44. The molecule has 0 spiro atoms. The number of carbonyl (C=O) groups excluding carboxylic acids is 2. The van der Waals surface area contributed by atoms with E-state index >= 15 is 0 Å². The lowest BCUT2D eigenvalue weighted by atomic mass is 9.97. The molecular formula is C21H16Br2N2O2. The fourth-order valence-corrected chi connectivity index (χ4v) is 3.43. The van der Waals surface area contributed by atoms with Crippen molar-refractivity contribution in [3.63, 3.8) is 0 Å². The molecule has 0 aliphatic rings. The van der Waals surface area contributed by atoms with E-state index in [0.29, 0.717) is 16.9 Å². The molecule has 0 atom stereocenters. The van der Waals surface area contributed by atoms with Gasteiger partial charge in [-0.3, -0.25) is 9.59 Å². The highest BCUT2D eigenvalue weighted by Gasteiger charge is 2.28. The van der Waals surface area contributed by atoms with Crippen molar-refractivity contribution >= 4 is 55.0 Å². The Bertz CT molecular complexity index is 902. The minimum Gasteiger partial charge on any atom is -0.325 e. The molecule has 0 bridgehead atoms. The van der Waals surface area contributed by atoms with Crippen LogP contribution in [-0.2, 0) is 9.59 Å². The van der Waals surface area contributed by atoms with Gasteiger partial charge in [0, 0.05) is 20.3 Å². The van der Waals surface area contributed by atoms with Crippen LogP contribution in [0, 0.1) is 0 Å². The van der Waals surface area contributed by atoms with Gasteiger partial charge in [-0.05, 0) is 42.0 Å². The van der Waals surface area contributed by atoms with Crippen LogP contribution in [0.1, 0.15) is 11.5 Å². The molecule has 6 heteroatoms. The number of carbonyl (C=O) groups is 2. The van der Waals surface area contributed by atoms with Gasteiger partial charge in [-0.1, -0.05) is 74.3 Å². The first-order valence-electron chi connectivity index (χ1n) is 8.21. The quantitative estimate of drug-likeness (QED) is 0.462. The van der Waals surface area contributed by atoms with Crippen LogP contribution in [0.2, 0.25) is 0 Å². The molecule has 0 aliphatic heterocycles. The van der Waals surface area contributed by atoms with Crippen LogP contribution in [-0.4, -0.2) is 11.8 Å². The Kier molecular flexibility index (Phi) is 6.42. The Morgan fingerprint density at radius 1 is 0.667 bits per heavy atom. The van der Waals surface area contributed by atoms with Crippen LogP contribution in [0.5, 0.6) is 0 Å². The molecule has 3 aromatic carbocycles. The first kappa shape index (κ1) is 19.3. The highest BCUT2D eigenvalue weighted by Crippen LogP contribution is 2.23. The average Bonchev–Trinajstić information content (AvgIpc) is 2.63. The van der Waals surface area contributed by atoms with Crippen LogP contribution in [0.15, 0.2) is 87.8 Å². The minimum absolute atomic E-state index is 0.396. The lowest BCUT2D eigenvalue weighted by molar-refractivity contribution is -0.125. The topological polar surface area (TPSA) is 58.2 Å². The normalized spacial score (nSPS) is 10.5. The smallest absolute Gasteiger partial charge is 0.241 e. The summed E-state index contributed by atoms with van der Waals surface area (Å²) < 4.78 is 1.69. The average molecular weight is 488 g/mol. The molecule has 27 heavy (non-hydrogen) atoms. The lowest BCUT2D eigenvalue weighted by Crippen LogP contribution is -2.32. The molecule has 136 valence electrons. The molecule has 0 unspecified atom stereocenters. The number of benzene rings is 3. The predicted molar refractivity (Wildman–Crippen MR) is 115 cm³/mol. The van der Waals surface area contributed by atoms with Crippen molar-refractivity contribution in [1.82, 2.24) is 0 Å². The summed E-state index contributed by atoms with van der Waals surface area (Å²) in [5.74, 6) is -1.78. The summed E-state index contributed by atoms with van der Waals surface area (Å²) in [6.45, 7) is 0. The summed E-state index contributed by atoms with van der Waals surface area (Å²) in [6.07, 6.45) is 0. The lowest BCUT2D eigenvalue weighted by Gasteiger charge is -2.17. The van der Waals surface area contributed by atoms with E-state index in [-0.39, 0.29) is 0 Å². The molecule has 0 saturated heterocycles. The molecular weight excluding hydrogens is 472 g/mol. The van der Waals surface area contributed by atoms with E-state index in [4.69, 9.17) is 0 Å². The molecule has 0 aromatic heterocycles. The summed E-state index contributed by atoms with van der Waals surface area (Å²) in [7, 11) is 0. The number of hydrogen-bond donors (Lipinski definition) is 2. The van der Waals surface area contributed by atoms with Gasteiger partial charge < -0.3 is 10.6 Å². The van der Waals surface area contributed by atoms with Crippen molar-refractivity contribution in [3.8, 4) is 0 Å². The predicted octanol–water partition coefficient (Wildman–Crippen LogP) is 5.57. The molecule has 2 N–H and O–H groups in total. The standard InChI is InChI=1S/C21H16Br2N2O2/c22-15-8-4-10-17(12-15)24-20(26)19(14-6-2-1-3-7-14)21(27)25-18-11-5-9-16(23)13-18/h1-13,19H,(H,24,26)(H,25,27). The molecule has 0 saturated carbocycles. The van der Waals surface area contributed by atoms with Gasteiger partial charge in [0.1, 0.15) is 5.92 Å². The van der Waals surface area contributed by atoms with Gasteiger partial charge in [0.15, 0.2) is 0 Å². The Morgan fingerprint density at radius 3 is 1.59 bits per heavy atom. The third kappa shape index (κ3) is 5.28. The van der Waals surface area contributed by atoms with Gasteiger partial charge in [-0.15, -0.1) is 0 Å². The van der Waals surface area contributed by atoms with Crippen LogP contribution in [0.4, 0.5) is 11.4 Å². The summed E-state index contributed by atoms with van der Waals surface area (Å²) in [6, 6.07) is 23.5. The summed E-state index contributed by atoms with van der Waals surface area (Å²) in [5, 5.41) is 5.64. The zero-order valence-electron chi connectivity index (χ0n) is 14.2. The zero-order chi connectivity index (χ0) is 19.2. The third-order valence-electron chi connectivity index (χ3n) is 3.84. The molecule has 0 heterocycles. The molecule has 3 aromatic rings. The van der Waals surface area contributed by atoms with E-state index in [0.717, 1.165) is 8.95 Å². The number of rotatable bonds is 5. The number of nitrogens with one attached hydrogen (secondary N) is 2. The SMILES string of the molecule is O=C(Nc1cccc(Br)c1)C(C(=O)Nc1cccc(Br)c1)c1ccccc1. The molecule has 0 aliphatic carbocycles. The molecule has 4 nitrogen and oxygen atoms in total. The molecule has 0 radical (unpaired) electrons. The van der Waals surface area contributed by atoms with Crippen LogP contribution in [0.25, 0.3) is 0 Å². The Balaban J connectivity index is 1.86. The van der Waals surface area contributed by atoms with E-state index in [9.17, 15) is 9.59 Å². The zero-order valence-corrected chi connectivity index (χ0v) is 17.3. The van der Waals surface area contributed by atoms with Crippen molar-refractivity contribution in [2.45, 2.75) is 5.92 Å². The van der Waals surface area contributed by atoms with Gasteiger partial charge >= 0.3 is 0 Å². The number of anilines is 2. The van der Waals surface area contributed by atoms with E-state index in [2.05, 4.69) is 42.5 Å². The van der Waals surface area contributed by atoms with Gasteiger partial charge in [0.05, 0.1) is 0 Å². The maximum absolute atomic E-state index is 12.9. The second kappa shape index (κ2) is 8.97. The van der Waals surface area contributed by atoms with Crippen molar-refractivity contribution in [2.24, 2.45) is 0 Å². The molecule has 2 amide bonds. The first-order valence-corrected chi connectivity index (χ1v) is 9.79. The van der Waals surface area contributed by atoms with Crippen molar-refractivity contribution in [2.75, 3.05) is 10.6 Å². The van der Waals surface area contributed by atoms with Crippen molar-refractivity contribution in [1.29, 1.82) is 0 Å². The Labute approximate surface area is 174 Å². The minimum atomic E-state index is -0.982. The van der Waals surface area contributed by atoms with E-state index in [1.807, 2.05) is 30.3 Å². The fraction of sp³-hybridized carbons (Fsp3) is 0.0476. The van der Waals surface area contributed by atoms with Gasteiger partial charge in [-0.2, -0.15) is 0 Å². The highest BCUT2D eigenvalue weighted by atomic mass is 79.9. The summed E-state index contributed by atoms with van der Waals surface area (Å²) in [4.78, 5) is 25.9. The van der Waals surface area contributed by atoms with Gasteiger partial charge in [-0.25, -0.2) is 0 Å². The van der Waals surface area contributed by atoms with E-state index in [1.165, 1.54) is 0 Å². The third-order valence-corrected chi connectivity index (χ3v) is 4.83. The second-order valence-electron chi connectivity index (χ2n) is 5.84. The Morgan fingerprint density at radius 2 is 1.15 bits per heavy atom. The van der Waals surface area contributed by atoms with Gasteiger partial charge in [0.25, 0.3) is 0 Å². The number of amides is 2. The maximum atomic E-state index is 12.9. The van der Waals surface area contributed by atoms with Crippen LogP contribution in [0.3, 0.4) is 0 Å². The van der Waals surface area contributed by atoms with Gasteiger partial charge in [0.2, 0.25) is 11.8 Å². The molecule has 3 rings (SSSR count). The number of halogens is 2. The number of hydrogen-bond acceptors (Lipinski definition) is 2. The second-order valence-corrected chi connectivity index (χ2v) is 7.67. The van der Waals surface area contributed by atoms with E-state index < -0.39 is 17.7 Å². The highest BCUT2D eigenvalue weighted by molar-refractivity contribution is 9.10. The fourth-order valence-electron chi connectivity index (χ4n) is 2.63. The largest absolute Gasteiger partial charge is 0.325 e. The monoisotopic (exact) mass is 486 g/mol. The van der Waals surface area contributed by atoms with Crippen molar-refractivity contribution in [3.05, 3.63) is 93.4 Å². The first-order chi connectivity index (χ1) is 13.0.